The molecule has 0 spiro atoms. The summed E-state index contributed by atoms with van der Waals surface area (Å²) >= 11 is 1.82. The smallest absolute Gasteiger partial charge is 0.255 e. The molecule has 0 amide bonds. The number of thioether (sulfide) groups is 1. The van der Waals surface area contributed by atoms with Crippen LogP contribution in [0.1, 0.15) is 0 Å². The summed E-state index contributed by atoms with van der Waals surface area (Å²) in [6.07, 6.45) is 3.44. The number of benzene rings is 1. The lowest BCUT2D eigenvalue weighted by atomic mass is 10.2. The van der Waals surface area contributed by atoms with Crippen LogP contribution in [0.2, 0.25) is 0 Å². The standard InChI is InChI=1S/C19H18N4OS/c24-18-14-17(15-6-8-20-9-7-15)21-19-22(10-11-23(18)19)12-13-25-16-4-2-1-3-5-16/h1-9,14H,10-13H2. The Morgan fingerprint density at radius 1 is 1.04 bits per heavy atom. The first-order valence-corrected chi connectivity index (χ1v) is 9.25. The maximum atomic E-state index is 12.4. The zero-order valence-corrected chi connectivity index (χ0v) is 14.5. The maximum absolute atomic E-state index is 12.4. The topological polar surface area (TPSA) is 51.0 Å². The fraction of sp³-hybridized carbons (Fsp3) is 0.211. The number of hydrogen-bond donors (Lipinski definition) is 0. The Bertz CT molecular complexity index is 912. The van der Waals surface area contributed by atoms with Gasteiger partial charge in [-0.15, -0.1) is 11.8 Å². The molecule has 3 aromatic rings. The third kappa shape index (κ3) is 3.44. The van der Waals surface area contributed by atoms with Crippen LogP contribution < -0.4 is 10.5 Å². The van der Waals surface area contributed by atoms with E-state index >= 15 is 0 Å². The van der Waals surface area contributed by atoms with E-state index in [2.05, 4.69) is 34.1 Å². The lowest BCUT2D eigenvalue weighted by Gasteiger charge is -2.17. The van der Waals surface area contributed by atoms with Gasteiger partial charge in [0.2, 0.25) is 5.95 Å². The molecule has 0 atom stereocenters. The van der Waals surface area contributed by atoms with E-state index in [9.17, 15) is 4.79 Å². The minimum atomic E-state index is 0.00928. The minimum Gasteiger partial charge on any atom is -0.340 e. The Morgan fingerprint density at radius 2 is 1.84 bits per heavy atom. The molecular weight excluding hydrogens is 332 g/mol. The van der Waals surface area contributed by atoms with Crippen molar-refractivity contribution < 1.29 is 0 Å². The Morgan fingerprint density at radius 3 is 2.64 bits per heavy atom. The molecule has 0 unspecified atom stereocenters. The molecule has 0 fully saturated rings. The average molecular weight is 350 g/mol. The van der Waals surface area contributed by atoms with E-state index in [0.717, 1.165) is 30.4 Å². The van der Waals surface area contributed by atoms with E-state index in [1.54, 1.807) is 23.0 Å². The quantitative estimate of drug-likeness (QED) is 0.662. The molecule has 25 heavy (non-hydrogen) atoms. The van der Waals surface area contributed by atoms with Crippen LogP contribution >= 0.6 is 11.8 Å². The first-order valence-electron chi connectivity index (χ1n) is 8.26. The molecule has 6 heteroatoms. The summed E-state index contributed by atoms with van der Waals surface area (Å²) in [4.78, 5) is 24.6. The van der Waals surface area contributed by atoms with Crippen molar-refractivity contribution in [2.45, 2.75) is 11.4 Å². The predicted octanol–water partition coefficient (Wildman–Crippen LogP) is 2.92. The normalized spacial score (nSPS) is 13.0. The van der Waals surface area contributed by atoms with Gasteiger partial charge < -0.3 is 4.90 Å². The van der Waals surface area contributed by atoms with Crippen molar-refractivity contribution >= 4 is 17.7 Å². The molecule has 0 N–H and O–H groups in total. The van der Waals surface area contributed by atoms with Crippen LogP contribution in [-0.2, 0) is 6.54 Å². The van der Waals surface area contributed by atoms with Crippen LogP contribution in [-0.4, -0.2) is 33.4 Å². The Hall–Kier alpha value is -2.60. The van der Waals surface area contributed by atoms with Gasteiger partial charge in [-0.05, 0) is 24.3 Å². The van der Waals surface area contributed by atoms with Crippen LogP contribution in [0.25, 0.3) is 11.3 Å². The molecule has 1 aromatic carbocycles. The third-order valence-electron chi connectivity index (χ3n) is 4.21. The van der Waals surface area contributed by atoms with E-state index < -0.39 is 0 Å². The van der Waals surface area contributed by atoms with Gasteiger partial charge in [0.1, 0.15) is 0 Å². The number of fused-ring (bicyclic) bond motifs is 1. The van der Waals surface area contributed by atoms with Gasteiger partial charge in [-0.3, -0.25) is 14.3 Å². The summed E-state index contributed by atoms with van der Waals surface area (Å²) < 4.78 is 1.76. The van der Waals surface area contributed by atoms with Crippen LogP contribution in [0.4, 0.5) is 5.95 Å². The van der Waals surface area contributed by atoms with Gasteiger partial charge in [0.05, 0.1) is 5.69 Å². The van der Waals surface area contributed by atoms with Crippen molar-refractivity contribution in [1.29, 1.82) is 0 Å². The molecule has 1 aliphatic heterocycles. The monoisotopic (exact) mass is 350 g/mol. The van der Waals surface area contributed by atoms with Gasteiger partial charge in [0, 0.05) is 54.3 Å². The zero-order chi connectivity index (χ0) is 17.1. The van der Waals surface area contributed by atoms with Crippen molar-refractivity contribution in [3.05, 3.63) is 71.3 Å². The summed E-state index contributed by atoms with van der Waals surface area (Å²) in [5.41, 5.74) is 1.64. The second kappa shape index (κ2) is 7.11. The summed E-state index contributed by atoms with van der Waals surface area (Å²) in [7, 11) is 0. The van der Waals surface area contributed by atoms with Crippen LogP contribution in [0, 0.1) is 0 Å². The molecule has 0 saturated carbocycles. The van der Waals surface area contributed by atoms with Gasteiger partial charge in [0.25, 0.3) is 5.56 Å². The molecule has 126 valence electrons. The molecule has 2 aromatic heterocycles. The van der Waals surface area contributed by atoms with Crippen LogP contribution in [0.5, 0.6) is 0 Å². The lowest BCUT2D eigenvalue weighted by molar-refractivity contribution is 0.753. The van der Waals surface area contributed by atoms with E-state index in [1.807, 2.05) is 30.0 Å². The molecule has 3 heterocycles. The number of aromatic nitrogens is 3. The molecule has 0 aliphatic carbocycles. The Labute approximate surface area is 150 Å². The van der Waals surface area contributed by atoms with E-state index in [0.29, 0.717) is 12.2 Å². The predicted molar refractivity (Wildman–Crippen MR) is 101 cm³/mol. The molecule has 0 saturated heterocycles. The van der Waals surface area contributed by atoms with E-state index in [1.165, 1.54) is 4.90 Å². The average Bonchev–Trinajstić information content (AvgIpc) is 3.07. The maximum Gasteiger partial charge on any atom is 0.255 e. The van der Waals surface area contributed by atoms with Crippen molar-refractivity contribution in [1.82, 2.24) is 14.5 Å². The molecular formula is C19H18N4OS. The molecule has 0 radical (unpaired) electrons. The fourth-order valence-corrected chi connectivity index (χ4v) is 3.84. The van der Waals surface area contributed by atoms with Crippen LogP contribution in [0.15, 0.2) is 70.6 Å². The number of hydrogen-bond acceptors (Lipinski definition) is 5. The van der Waals surface area contributed by atoms with E-state index in [-0.39, 0.29) is 5.56 Å². The van der Waals surface area contributed by atoms with Crippen molar-refractivity contribution in [2.24, 2.45) is 0 Å². The van der Waals surface area contributed by atoms with E-state index in [4.69, 9.17) is 4.98 Å². The second-order valence-electron chi connectivity index (χ2n) is 5.82. The van der Waals surface area contributed by atoms with Gasteiger partial charge >= 0.3 is 0 Å². The third-order valence-corrected chi connectivity index (χ3v) is 5.21. The summed E-state index contributed by atoms with van der Waals surface area (Å²) in [5.74, 6) is 1.73. The highest BCUT2D eigenvalue weighted by Crippen LogP contribution is 2.23. The van der Waals surface area contributed by atoms with Crippen LogP contribution in [0.3, 0.4) is 0 Å². The molecule has 5 nitrogen and oxygen atoms in total. The Kier molecular flexibility index (Phi) is 4.52. The zero-order valence-electron chi connectivity index (χ0n) is 13.7. The summed E-state index contributed by atoms with van der Waals surface area (Å²) in [6.45, 7) is 2.40. The number of rotatable bonds is 5. The van der Waals surface area contributed by atoms with Crippen molar-refractivity contribution in [3.63, 3.8) is 0 Å². The summed E-state index contributed by atoms with van der Waals surface area (Å²) in [5, 5.41) is 0. The van der Waals surface area contributed by atoms with Gasteiger partial charge in [-0.25, -0.2) is 4.98 Å². The first-order chi connectivity index (χ1) is 12.3. The minimum absolute atomic E-state index is 0.00928. The highest BCUT2D eigenvalue weighted by molar-refractivity contribution is 7.99. The fourth-order valence-electron chi connectivity index (χ4n) is 2.94. The molecule has 0 bridgehead atoms. The van der Waals surface area contributed by atoms with Gasteiger partial charge in [-0.2, -0.15) is 0 Å². The largest absolute Gasteiger partial charge is 0.340 e. The highest BCUT2D eigenvalue weighted by Gasteiger charge is 2.22. The first kappa shape index (κ1) is 15.9. The Balaban J connectivity index is 1.53. The van der Waals surface area contributed by atoms with Gasteiger partial charge in [0.15, 0.2) is 0 Å². The van der Waals surface area contributed by atoms with Crippen molar-refractivity contribution in [3.8, 4) is 11.3 Å². The number of nitrogens with zero attached hydrogens (tertiary/aromatic N) is 4. The molecule has 4 rings (SSSR count). The summed E-state index contributed by atoms with van der Waals surface area (Å²) in [6, 6.07) is 15.7. The molecule has 1 aliphatic rings. The number of anilines is 1. The second-order valence-corrected chi connectivity index (χ2v) is 6.98. The lowest BCUT2D eigenvalue weighted by Crippen LogP contribution is -2.25. The highest BCUT2D eigenvalue weighted by atomic mass is 32.2. The number of pyridine rings is 1. The van der Waals surface area contributed by atoms with Crippen molar-refractivity contribution in [2.75, 3.05) is 23.7 Å². The van der Waals surface area contributed by atoms with Gasteiger partial charge in [-0.1, -0.05) is 18.2 Å². The SMILES string of the molecule is O=c1cc(-c2ccncc2)nc2n1CCN2CCSc1ccccc1.